The van der Waals surface area contributed by atoms with Gasteiger partial charge in [0.05, 0.1) is 15.7 Å². The fourth-order valence-electron chi connectivity index (χ4n) is 2.17. The highest BCUT2D eigenvalue weighted by molar-refractivity contribution is 6.41. The minimum absolute atomic E-state index is 0.516. The van der Waals surface area contributed by atoms with Crippen molar-refractivity contribution >= 4 is 51.4 Å². The first-order valence-corrected chi connectivity index (χ1v) is 7.22. The average molecular weight is 326 g/mol. The van der Waals surface area contributed by atoms with Crippen LogP contribution < -0.4 is 5.32 Å². The number of halogens is 3. The normalized spacial score (nSPS) is 10.9. The molecule has 3 aromatic rings. The van der Waals surface area contributed by atoms with Crippen LogP contribution in [0.25, 0.3) is 10.9 Å². The van der Waals surface area contributed by atoms with Gasteiger partial charge in [0.2, 0.25) is 0 Å². The van der Waals surface area contributed by atoms with Gasteiger partial charge in [-0.25, -0.2) is 0 Å². The lowest BCUT2D eigenvalue weighted by Gasteiger charge is -2.10. The van der Waals surface area contributed by atoms with Crippen molar-refractivity contribution in [1.29, 1.82) is 0 Å². The molecule has 2 N–H and O–H groups in total. The summed E-state index contributed by atoms with van der Waals surface area (Å²) in [5.74, 6) is 0. The third-order valence-electron chi connectivity index (χ3n) is 3.14. The van der Waals surface area contributed by atoms with E-state index in [1.807, 2.05) is 24.4 Å². The Hall–Kier alpha value is -1.35. The standard InChI is InChI=1S/C15H11Cl3N2/c16-10-5-12(17)15(13(18)6-10)20-8-9-7-19-14-4-2-1-3-11(9)14/h1-7,19-20H,8H2. The highest BCUT2D eigenvalue weighted by Gasteiger charge is 2.09. The molecule has 1 heterocycles. The number of benzene rings is 2. The maximum absolute atomic E-state index is 6.15. The fraction of sp³-hybridized carbons (Fsp3) is 0.0667. The van der Waals surface area contributed by atoms with Crippen molar-refractivity contribution in [2.24, 2.45) is 0 Å². The van der Waals surface area contributed by atoms with E-state index < -0.39 is 0 Å². The van der Waals surface area contributed by atoms with Gasteiger partial charge in [-0.2, -0.15) is 0 Å². The van der Waals surface area contributed by atoms with Crippen LogP contribution in [0.5, 0.6) is 0 Å². The first kappa shape index (κ1) is 13.6. The van der Waals surface area contributed by atoms with E-state index in [-0.39, 0.29) is 0 Å². The molecule has 5 heteroatoms. The molecule has 0 fully saturated rings. The lowest BCUT2D eigenvalue weighted by Crippen LogP contribution is -2.00. The van der Waals surface area contributed by atoms with Gasteiger partial charge in [-0.3, -0.25) is 0 Å². The summed E-state index contributed by atoms with van der Waals surface area (Å²) in [5.41, 5.74) is 2.96. The van der Waals surface area contributed by atoms with Crippen molar-refractivity contribution < 1.29 is 0 Å². The van der Waals surface area contributed by atoms with Crippen LogP contribution >= 0.6 is 34.8 Å². The van der Waals surface area contributed by atoms with Crippen LogP contribution in [-0.2, 0) is 6.54 Å². The number of hydrogen-bond donors (Lipinski definition) is 2. The van der Waals surface area contributed by atoms with Crippen molar-refractivity contribution in [2.75, 3.05) is 5.32 Å². The smallest absolute Gasteiger partial charge is 0.0722 e. The molecule has 0 spiro atoms. The molecule has 1 aromatic heterocycles. The molecule has 0 aliphatic rings. The SMILES string of the molecule is Clc1cc(Cl)c(NCc2c[nH]c3ccccc23)c(Cl)c1. The van der Waals surface area contributed by atoms with E-state index in [0.29, 0.717) is 27.3 Å². The third kappa shape index (κ3) is 2.59. The van der Waals surface area contributed by atoms with Gasteiger partial charge in [0.25, 0.3) is 0 Å². The Balaban J connectivity index is 1.87. The number of para-hydroxylation sites is 1. The van der Waals surface area contributed by atoms with E-state index in [4.69, 9.17) is 34.8 Å². The van der Waals surface area contributed by atoms with Crippen LogP contribution in [0.15, 0.2) is 42.6 Å². The van der Waals surface area contributed by atoms with Gasteiger partial charge >= 0.3 is 0 Å². The zero-order valence-corrected chi connectivity index (χ0v) is 12.7. The molecule has 0 aliphatic carbocycles. The molecular weight excluding hydrogens is 315 g/mol. The van der Waals surface area contributed by atoms with Crippen molar-refractivity contribution in [2.45, 2.75) is 6.54 Å². The lowest BCUT2D eigenvalue weighted by atomic mass is 10.2. The number of rotatable bonds is 3. The van der Waals surface area contributed by atoms with Gasteiger partial charge in [-0.15, -0.1) is 0 Å². The molecule has 0 atom stereocenters. The van der Waals surface area contributed by atoms with Crippen LogP contribution in [0.3, 0.4) is 0 Å². The molecule has 0 unspecified atom stereocenters. The first-order valence-electron chi connectivity index (χ1n) is 6.08. The van der Waals surface area contributed by atoms with Crippen molar-refractivity contribution in [3.8, 4) is 0 Å². The summed E-state index contributed by atoms with van der Waals surface area (Å²) in [6.07, 6.45) is 1.98. The molecule has 3 rings (SSSR count). The lowest BCUT2D eigenvalue weighted by molar-refractivity contribution is 1.16. The van der Waals surface area contributed by atoms with E-state index in [1.165, 1.54) is 5.39 Å². The second-order valence-corrected chi connectivity index (χ2v) is 5.71. The Labute approximate surface area is 131 Å². The van der Waals surface area contributed by atoms with E-state index in [0.717, 1.165) is 11.1 Å². The molecule has 0 aliphatic heterocycles. The second kappa shape index (κ2) is 5.57. The van der Waals surface area contributed by atoms with Gasteiger partial charge < -0.3 is 10.3 Å². The molecule has 0 amide bonds. The summed E-state index contributed by atoms with van der Waals surface area (Å²) in [6, 6.07) is 11.5. The molecule has 0 saturated carbocycles. The number of aromatic nitrogens is 1. The number of aromatic amines is 1. The van der Waals surface area contributed by atoms with Gasteiger partial charge in [0, 0.05) is 28.7 Å². The summed E-state index contributed by atoms with van der Waals surface area (Å²) >= 11 is 18.2. The van der Waals surface area contributed by atoms with Crippen molar-refractivity contribution in [1.82, 2.24) is 4.98 Å². The Morgan fingerprint density at radius 2 is 1.70 bits per heavy atom. The Bertz CT molecular complexity index is 742. The van der Waals surface area contributed by atoms with Gasteiger partial charge in [0.15, 0.2) is 0 Å². The molecule has 2 aromatic carbocycles. The predicted molar refractivity (Wildman–Crippen MR) is 87.1 cm³/mol. The Kier molecular flexibility index (Phi) is 3.79. The quantitative estimate of drug-likeness (QED) is 0.631. The minimum Gasteiger partial charge on any atom is -0.378 e. The molecule has 0 radical (unpaired) electrons. The molecule has 2 nitrogen and oxygen atoms in total. The monoisotopic (exact) mass is 324 g/mol. The predicted octanol–water partition coefficient (Wildman–Crippen LogP) is 5.74. The number of nitrogens with one attached hydrogen (secondary N) is 2. The molecular formula is C15H11Cl3N2. The average Bonchev–Trinajstić information content (AvgIpc) is 2.81. The number of fused-ring (bicyclic) bond motifs is 1. The minimum atomic E-state index is 0.516. The maximum atomic E-state index is 6.15. The number of H-pyrrole nitrogens is 1. The van der Waals surface area contributed by atoms with E-state index >= 15 is 0 Å². The highest BCUT2D eigenvalue weighted by atomic mass is 35.5. The number of anilines is 1. The van der Waals surface area contributed by atoms with Gasteiger partial charge in [0.1, 0.15) is 0 Å². The Morgan fingerprint density at radius 3 is 2.45 bits per heavy atom. The summed E-state index contributed by atoms with van der Waals surface area (Å²) in [5, 5.41) is 6.00. The molecule has 102 valence electrons. The van der Waals surface area contributed by atoms with Crippen molar-refractivity contribution in [3.63, 3.8) is 0 Å². The van der Waals surface area contributed by atoms with Gasteiger partial charge in [-0.1, -0.05) is 53.0 Å². The van der Waals surface area contributed by atoms with E-state index in [2.05, 4.69) is 16.4 Å². The first-order chi connectivity index (χ1) is 9.65. The Morgan fingerprint density at radius 1 is 1.00 bits per heavy atom. The largest absolute Gasteiger partial charge is 0.378 e. The van der Waals surface area contributed by atoms with Crippen LogP contribution in [-0.4, -0.2) is 4.98 Å². The highest BCUT2D eigenvalue weighted by Crippen LogP contribution is 2.34. The molecule has 0 saturated heterocycles. The number of hydrogen-bond acceptors (Lipinski definition) is 1. The van der Waals surface area contributed by atoms with Crippen molar-refractivity contribution in [3.05, 3.63) is 63.2 Å². The summed E-state index contributed by atoms with van der Waals surface area (Å²) in [4.78, 5) is 3.24. The topological polar surface area (TPSA) is 27.8 Å². The zero-order chi connectivity index (χ0) is 14.1. The molecule has 20 heavy (non-hydrogen) atoms. The van der Waals surface area contributed by atoms with Crippen LogP contribution in [0.2, 0.25) is 15.1 Å². The van der Waals surface area contributed by atoms with Crippen LogP contribution in [0.1, 0.15) is 5.56 Å². The maximum Gasteiger partial charge on any atom is 0.0722 e. The summed E-state index contributed by atoms with van der Waals surface area (Å²) < 4.78 is 0. The van der Waals surface area contributed by atoms with Crippen LogP contribution in [0.4, 0.5) is 5.69 Å². The van der Waals surface area contributed by atoms with Crippen LogP contribution in [0, 0.1) is 0 Å². The summed E-state index contributed by atoms with van der Waals surface area (Å²) in [6.45, 7) is 0.630. The second-order valence-electron chi connectivity index (χ2n) is 4.46. The fourth-order valence-corrected chi connectivity index (χ4v) is 3.12. The van der Waals surface area contributed by atoms with E-state index in [9.17, 15) is 0 Å². The third-order valence-corrected chi connectivity index (χ3v) is 3.95. The van der Waals surface area contributed by atoms with Gasteiger partial charge in [-0.05, 0) is 23.8 Å². The summed E-state index contributed by atoms with van der Waals surface area (Å²) in [7, 11) is 0. The molecule has 0 bridgehead atoms. The van der Waals surface area contributed by atoms with E-state index in [1.54, 1.807) is 12.1 Å². The zero-order valence-electron chi connectivity index (χ0n) is 10.4.